The van der Waals surface area contributed by atoms with Crippen molar-refractivity contribution in [2.75, 3.05) is 46.3 Å². The summed E-state index contributed by atoms with van der Waals surface area (Å²) in [7, 11) is 1.93. The molecule has 0 spiro atoms. The zero-order valence-electron chi connectivity index (χ0n) is 14.2. The Morgan fingerprint density at radius 1 is 1.26 bits per heavy atom. The van der Waals surface area contributed by atoms with Gasteiger partial charge in [-0.15, -0.1) is 0 Å². The maximum atomic E-state index is 12.3. The fraction of sp³-hybridized carbons (Fsp3) is 0.812. The summed E-state index contributed by atoms with van der Waals surface area (Å²) in [6.45, 7) is 7.84. The van der Waals surface area contributed by atoms with Crippen LogP contribution in [0, 0.1) is 12.8 Å². The summed E-state index contributed by atoms with van der Waals surface area (Å²) in [5, 5.41) is 3.96. The molecule has 1 aliphatic carbocycles. The maximum Gasteiger partial charge on any atom is 0.236 e. The van der Waals surface area contributed by atoms with Crippen LogP contribution in [0.15, 0.2) is 4.52 Å². The lowest BCUT2D eigenvalue weighted by molar-refractivity contribution is -0.131. The lowest BCUT2D eigenvalue weighted by Crippen LogP contribution is -2.40. The summed E-state index contributed by atoms with van der Waals surface area (Å²) < 4.78 is 5.03. The van der Waals surface area contributed by atoms with E-state index >= 15 is 0 Å². The minimum Gasteiger partial charge on any atom is -0.344 e. The highest BCUT2D eigenvalue weighted by atomic mass is 16.5. The first-order chi connectivity index (χ1) is 11.1. The van der Waals surface area contributed by atoms with E-state index in [9.17, 15) is 4.79 Å². The van der Waals surface area contributed by atoms with Crippen LogP contribution in [0.5, 0.6) is 0 Å². The van der Waals surface area contributed by atoms with E-state index < -0.39 is 0 Å². The zero-order chi connectivity index (χ0) is 16.2. The molecule has 1 saturated carbocycles. The molecule has 23 heavy (non-hydrogen) atoms. The molecule has 0 unspecified atom stereocenters. The van der Waals surface area contributed by atoms with Crippen LogP contribution in [0.25, 0.3) is 0 Å². The molecule has 7 heteroatoms. The van der Waals surface area contributed by atoms with Crippen molar-refractivity contribution in [2.45, 2.75) is 32.7 Å². The van der Waals surface area contributed by atoms with Gasteiger partial charge in [0.15, 0.2) is 5.82 Å². The van der Waals surface area contributed by atoms with Crippen molar-refractivity contribution in [3.63, 3.8) is 0 Å². The van der Waals surface area contributed by atoms with Crippen molar-refractivity contribution in [3.05, 3.63) is 11.7 Å². The molecule has 2 fully saturated rings. The van der Waals surface area contributed by atoms with Crippen molar-refractivity contribution in [2.24, 2.45) is 5.92 Å². The van der Waals surface area contributed by atoms with Gasteiger partial charge in [-0.05, 0) is 38.3 Å². The molecule has 1 aromatic heterocycles. The van der Waals surface area contributed by atoms with E-state index in [1.165, 1.54) is 12.8 Å². The summed E-state index contributed by atoms with van der Waals surface area (Å²) in [5.41, 5.74) is 0. The second kappa shape index (κ2) is 7.40. The molecule has 7 nitrogen and oxygen atoms in total. The number of carbonyl (C=O) groups excluding carboxylic acids is 1. The van der Waals surface area contributed by atoms with Gasteiger partial charge in [-0.25, -0.2) is 0 Å². The van der Waals surface area contributed by atoms with E-state index in [2.05, 4.69) is 19.9 Å². The van der Waals surface area contributed by atoms with Gasteiger partial charge in [0.2, 0.25) is 11.8 Å². The van der Waals surface area contributed by atoms with E-state index in [0.29, 0.717) is 12.4 Å². The lowest BCUT2D eigenvalue weighted by Gasteiger charge is -2.24. The predicted octanol–water partition coefficient (Wildman–Crippen LogP) is 0.754. The van der Waals surface area contributed by atoms with Gasteiger partial charge in [-0.3, -0.25) is 14.6 Å². The quantitative estimate of drug-likeness (QED) is 0.770. The predicted molar refractivity (Wildman–Crippen MR) is 85.7 cm³/mol. The minimum absolute atomic E-state index is 0.249. The number of carbonyl (C=O) groups is 1. The molecule has 2 heterocycles. The number of hydrogen-bond donors (Lipinski definition) is 0. The van der Waals surface area contributed by atoms with Gasteiger partial charge < -0.3 is 9.42 Å². The molecule has 0 bridgehead atoms. The number of aromatic nitrogens is 2. The van der Waals surface area contributed by atoms with E-state index in [0.717, 1.165) is 57.4 Å². The first-order valence-electron chi connectivity index (χ1n) is 8.58. The van der Waals surface area contributed by atoms with E-state index in [4.69, 9.17) is 4.52 Å². The topological polar surface area (TPSA) is 65.7 Å². The molecular weight excluding hydrogens is 294 g/mol. The van der Waals surface area contributed by atoms with Crippen LogP contribution in [-0.4, -0.2) is 77.1 Å². The number of hydrogen-bond acceptors (Lipinski definition) is 6. The smallest absolute Gasteiger partial charge is 0.236 e. The first kappa shape index (κ1) is 16.4. The highest BCUT2D eigenvalue weighted by molar-refractivity contribution is 5.78. The molecule has 0 radical (unpaired) electrons. The second-order valence-electron chi connectivity index (χ2n) is 6.85. The highest BCUT2D eigenvalue weighted by Gasteiger charge is 2.26. The van der Waals surface area contributed by atoms with Crippen LogP contribution in [0.2, 0.25) is 0 Å². The van der Waals surface area contributed by atoms with Crippen molar-refractivity contribution >= 4 is 5.91 Å². The molecule has 2 aliphatic rings. The molecule has 0 N–H and O–H groups in total. The molecule has 1 amide bonds. The van der Waals surface area contributed by atoms with Gasteiger partial charge in [-0.1, -0.05) is 5.16 Å². The summed E-state index contributed by atoms with van der Waals surface area (Å²) in [6.07, 6.45) is 3.63. The maximum absolute atomic E-state index is 12.3. The van der Waals surface area contributed by atoms with Gasteiger partial charge in [0.1, 0.15) is 0 Å². The van der Waals surface area contributed by atoms with Crippen molar-refractivity contribution in [1.29, 1.82) is 0 Å². The van der Waals surface area contributed by atoms with Gasteiger partial charge in [0.25, 0.3) is 0 Å². The molecule has 128 valence electrons. The Hall–Kier alpha value is -1.47. The summed E-state index contributed by atoms with van der Waals surface area (Å²) in [6, 6.07) is 0. The average Bonchev–Trinajstić information content (AvgIpc) is 3.27. The van der Waals surface area contributed by atoms with Gasteiger partial charge >= 0.3 is 0 Å². The highest BCUT2D eigenvalue weighted by Crippen LogP contribution is 2.29. The van der Waals surface area contributed by atoms with Crippen molar-refractivity contribution in [1.82, 2.24) is 24.8 Å². The van der Waals surface area contributed by atoms with Gasteiger partial charge in [-0.2, -0.15) is 4.98 Å². The molecular formula is C16H27N5O2. The zero-order valence-corrected chi connectivity index (χ0v) is 14.2. The minimum atomic E-state index is 0.249. The number of amides is 1. The molecule has 1 saturated heterocycles. The van der Waals surface area contributed by atoms with E-state index in [1.54, 1.807) is 0 Å². The first-order valence-corrected chi connectivity index (χ1v) is 8.58. The number of aryl methyl sites for hydroxylation is 1. The van der Waals surface area contributed by atoms with E-state index in [-0.39, 0.29) is 5.91 Å². The lowest BCUT2D eigenvalue weighted by atomic mass is 10.3. The van der Waals surface area contributed by atoms with E-state index in [1.807, 2.05) is 18.9 Å². The summed E-state index contributed by atoms with van der Waals surface area (Å²) in [4.78, 5) is 23.1. The monoisotopic (exact) mass is 321 g/mol. The van der Waals surface area contributed by atoms with Crippen molar-refractivity contribution in [3.8, 4) is 0 Å². The largest absolute Gasteiger partial charge is 0.344 e. The number of likely N-dealkylation sites (N-methyl/N-ethyl adjacent to an activating group) is 1. The van der Waals surface area contributed by atoms with Crippen LogP contribution in [0.4, 0.5) is 0 Å². The van der Waals surface area contributed by atoms with Crippen LogP contribution in [-0.2, 0) is 11.3 Å². The van der Waals surface area contributed by atoms with Crippen LogP contribution in [0.3, 0.4) is 0 Å². The Bertz CT molecular complexity index is 528. The third-order valence-electron chi connectivity index (χ3n) is 4.63. The summed E-state index contributed by atoms with van der Waals surface area (Å²) >= 11 is 0. The standard InChI is InChI=1S/C16H27N5O2/c1-13-17-15(18-23-13)11-20-6-3-7-21(9-8-20)12-16(22)19(2)10-14-4-5-14/h14H,3-12H2,1-2H3. The molecule has 1 aromatic rings. The Labute approximate surface area is 137 Å². The van der Waals surface area contributed by atoms with Crippen LogP contribution >= 0.6 is 0 Å². The Morgan fingerprint density at radius 2 is 2.00 bits per heavy atom. The molecule has 3 rings (SSSR count). The second-order valence-corrected chi connectivity index (χ2v) is 6.85. The Kier molecular flexibility index (Phi) is 5.27. The fourth-order valence-corrected chi connectivity index (χ4v) is 3.05. The molecule has 0 atom stereocenters. The summed E-state index contributed by atoms with van der Waals surface area (Å²) in [5.74, 6) is 2.36. The fourth-order valence-electron chi connectivity index (χ4n) is 3.05. The SMILES string of the molecule is Cc1nc(CN2CCCN(CC(=O)N(C)CC3CC3)CC2)no1. The average molecular weight is 321 g/mol. The van der Waals surface area contributed by atoms with Crippen LogP contribution in [0.1, 0.15) is 31.0 Å². The Morgan fingerprint density at radius 3 is 2.70 bits per heavy atom. The molecule has 0 aromatic carbocycles. The normalized spacial score (nSPS) is 20.4. The number of rotatable bonds is 6. The molecule has 1 aliphatic heterocycles. The Balaban J connectivity index is 1.43. The number of nitrogens with zero attached hydrogens (tertiary/aromatic N) is 5. The van der Waals surface area contributed by atoms with Gasteiger partial charge in [0.05, 0.1) is 13.1 Å². The third-order valence-corrected chi connectivity index (χ3v) is 4.63. The van der Waals surface area contributed by atoms with Crippen molar-refractivity contribution < 1.29 is 9.32 Å². The van der Waals surface area contributed by atoms with Crippen LogP contribution < -0.4 is 0 Å². The third kappa shape index (κ3) is 5.00. The van der Waals surface area contributed by atoms with Gasteiger partial charge in [0, 0.05) is 33.6 Å².